The van der Waals surface area contributed by atoms with E-state index in [4.69, 9.17) is 0 Å². The Morgan fingerprint density at radius 3 is 2.69 bits per heavy atom. The molecule has 0 radical (unpaired) electrons. The number of unbranched alkanes of at least 4 members (excludes halogenated alkanes) is 5. The van der Waals surface area contributed by atoms with Crippen LogP contribution in [0, 0.1) is 0 Å². The standard InChI is InChI=1S/C22H32N2O3S2/c1-17(11-12-21(26)23-16-25)24-15-19-18(22(24)27)9-8-10-20(19)29-14-7-5-3-2-4-6-13-28/h8-10,16-17,28H,2-7,11-15H2,1H3,(H,23,25,26). The molecule has 5 nitrogen and oxygen atoms in total. The van der Waals surface area contributed by atoms with Gasteiger partial charge in [-0.05, 0) is 55.4 Å². The first-order valence-corrected chi connectivity index (χ1v) is 12.1. The van der Waals surface area contributed by atoms with Crippen molar-refractivity contribution < 1.29 is 14.4 Å². The summed E-state index contributed by atoms with van der Waals surface area (Å²) in [5.41, 5.74) is 1.89. The van der Waals surface area contributed by atoms with E-state index < -0.39 is 0 Å². The number of hydrogen-bond donors (Lipinski definition) is 2. The van der Waals surface area contributed by atoms with E-state index in [0.717, 1.165) is 22.6 Å². The van der Waals surface area contributed by atoms with Gasteiger partial charge in [-0.3, -0.25) is 19.7 Å². The zero-order valence-corrected chi connectivity index (χ0v) is 18.9. The van der Waals surface area contributed by atoms with E-state index in [-0.39, 0.29) is 24.3 Å². The van der Waals surface area contributed by atoms with Crippen molar-refractivity contribution in [3.05, 3.63) is 29.3 Å². The van der Waals surface area contributed by atoms with Gasteiger partial charge in [0.05, 0.1) is 0 Å². The number of carbonyl (C=O) groups is 3. The van der Waals surface area contributed by atoms with Gasteiger partial charge in [0, 0.05) is 29.5 Å². The van der Waals surface area contributed by atoms with Crippen molar-refractivity contribution in [1.82, 2.24) is 10.2 Å². The van der Waals surface area contributed by atoms with Crippen LogP contribution in [0.4, 0.5) is 0 Å². The average molecular weight is 437 g/mol. The van der Waals surface area contributed by atoms with E-state index in [1.807, 2.05) is 35.7 Å². The SMILES string of the molecule is CC(CCC(=O)NC=O)N1Cc2c(SCCCCCCCCS)cccc2C1=O. The minimum Gasteiger partial charge on any atom is -0.332 e. The van der Waals surface area contributed by atoms with Crippen molar-refractivity contribution in [1.29, 1.82) is 0 Å². The second-order valence-corrected chi connectivity index (χ2v) is 9.07. The normalized spacial score (nSPS) is 14.0. The molecule has 0 aliphatic carbocycles. The Labute approximate surface area is 183 Å². The van der Waals surface area contributed by atoms with Gasteiger partial charge in [0.15, 0.2) is 0 Å². The molecule has 1 heterocycles. The van der Waals surface area contributed by atoms with Crippen LogP contribution in [0.3, 0.4) is 0 Å². The molecule has 1 atom stereocenters. The lowest BCUT2D eigenvalue weighted by molar-refractivity contribution is -0.125. The van der Waals surface area contributed by atoms with Crippen molar-refractivity contribution in [2.45, 2.75) is 75.8 Å². The van der Waals surface area contributed by atoms with Crippen LogP contribution in [0.2, 0.25) is 0 Å². The summed E-state index contributed by atoms with van der Waals surface area (Å²) in [5, 5.41) is 2.15. The van der Waals surface area contributed by atoms with Crippen LogP contribution in [-0.2, 0) is 16.1 Å². The highest BCUT2D eigenvalue weighted by Gasteiger charge is 2.32. The fraction of sp³-hybridized carbons (Fsp3) is 0.591. The van der Waals surface area contributed by atoms with Crippen molar-refractivity contribution in [3.63, 3.8) is 0 Å². The maximum Gasteiger partial charge on any atom is 0.254 e. The highest BCUT2D eigenvalue weighted by molar-refractivity contribution is 7.99. The first-order chi connectivity index (χ1) is 14.1. The van der Waals surface area contributed by atoms with Crippen LogP contribution in [0.25, 0.3) is 0 Å². The molecule has 0 spiro atoms. The molecule has 1 unspecified atom stereocenters. The molecule has 0 fully saturated rings. The summed E-state index contributed by atoms with van der Waals surface area (Å²) in [6.07, 6.45) is 8.66. The lowest BCUT2D eigenvalue weighted by Crippen LogP contribution is -2.34. The minimum atomic E-state index is -0.308. The molecular formula is C22H32N2O3S2. The molecule has 1 aliphatic rings. The molecule has 1 aliphatic heterocycles. The second-order valence-electron chi connectivity index (χ2n) is 7.48. The van der Waals surface area contributed by atoms with Gasteiger partial charge in [-0.15, -0.1) is 11.8 Å². The van der Waals surface area contributed by atoms with Gasteiger partial charge in [-0.2, -0.15) is 12.6 Å². The van der Waals surface area contributed by atoms with Gasteiger partial charge in [0.2, 0.25) is 12.3 Å². The zero-order valence-electron chi connectivity index (χ0n) is 17.2. The molecule has 0 bridgehead atoms. The molecule has 2 rings (SSSR count). The summed E-state index contributed by atoms with van der Waals surface area (Å²) in [7, 11) is 0. The summed E-state index contributed by atoms with van der Waals surface area (Å²) in [4.78, 5) is 37.7. The largest absolute Gasteiger partial charge is 0.332 e. The predicted molar refractivity (Wildman–Crippen MR) is 121 cm³/mol. The second kappa shape index (κ2) is 13.0. The number of benzene rings is 1. The molecule has 7 heteroatoms. The molecular weight excluding hydrogens is 404 g/mol. The third-order valence-corrected chi connectivity index (χ3v) is 6.81. The van der Waals surface area contributed by atoms with E-state index in [9.17, 15) is 14.4 Å². The molecule has 0 saturated carbocycles. The number of thiol groups is 1. The Kier molecular flexibility index (Phi) is 10.6. The molecule has 29 heavy (non-hydrogen) atoms. The van der Waals surface area contributed by atoms with Gasteiger partial charge in [-0.25, -0.2) is 0 Å². The summed E-state index contributed by atoms with van der Waals surface area (Å²) in [6, 6.07) is 5.91. The van der Waals surface area contributed by atoms with E-state index in [0.29, 0.717) is 19.4 Å². The third kappa shape index (κ3) is 7.37. The Bertz CT molecular complexity index is 697. The Hall–Kier alpha value is -1.47. The number of carbonyl (C=O) groups excluding carboxylic acids is 3. The van der Waals surface area contributed by atoms with Crippen LogP contribution < -0.4 is 5.32 Å². The minimum absolute atomic E-state index is 0.0370. The van der Waals surface area contributed by atoms with Gasteiger partial charge >= 0.3 is 0 Å². The molecule has 1 aromatic carbocycles. The van der Waals surface area contributed by atoms with E-state index in [1.165, 1.54) is 43.4 Å². The van der Waals surface area contributed by atoms with Crippen LogP contribution in [0.15, 0.2) is 23.1 Å². The van der Waals surface area contributed by atoms with Crippen molar-refractivity contribution in [2.75, 3.05) is 11.5 Å². The number of imide groups is 1. The number of rotatable bonds is 14. The summed E-state index contributed by atoms with van der Waals surface area (Å²) in [6.45, 7) is 2.55. The van der Waals surface area contributed by atoms with Gasteiger partial charge in [-0.1, -0.05) is 31.7 Å². The fourth-order valence-corrected chi connectivity index (χ4v) is 4.87. The highest BCUT2D eigenvalue weighted by atomic mass is 32.2. The quantitative estimate of drug-likeness (QED) is 0.196. The Morgan fingerprint density at radius 2 is 1.97 bits per heavy atom. The van der Waals surface area contributed by atoms with Gasteiger partial charge in [0.25, 0.3) is 5.91 Å². The molecule has 1 N–H and O–H groups in total. The lowest BCUT2D eigenvalue weighted by atomic mass is 10.1. The number of hydrogen-bond acceptors (Lipinski definition) is 5. The van der Waals surface area contributed by atoms with Crippen LogP contribution in [-0.4, -0.2) is 40.7 Å². The lowest BCUT2D eigenvalue weighted by Gasteiger charge is -2.24. The van der Waals surface area contributed by atoms with Crippen molar-refractivity contribution >= 4 is 42.6 Å². The monoisotopic (exact) mass is 436 g/mol. The summed E-state index contributed by atoms with van der Waals surface area (Å²) >= 11 is 6.09. The van der Waals surface area contributed by atoms with E-state index >= 15 is 0 Å². The summed E-state index contributed by atoms with van der Waals surface area (Å²) in [5.74, 6) is 1.78. The van der Waals surface area contributed by atoms with E-state index in [2.05, 4.69) is 24.0 Å². The van der Waals surface area contributed by atoms with Crippen LogP contribution in [0.1, 0.15) is 74.2 Å². The molecule has 160 valence electrons. The number of fused-ring (bicyclic) bond motifs is 1. The van der Waals surface area contributed by atoms with E-state index in [1.54, 1.807) is 0 Å². The van der Waals surface area contributed by atoms with Crippen LogP contribution >= 0.6 is 24.4 Å². The smallest absolute Gasteiger partial charge is 0.254 e. The maximum atomic E-state index is 12.8. The molecule has 1 aromatic rings. The number of thioether (sulfide) groups is 1. The topological polar surface area (TPSA) is 66.5 Å². The Balaban J connectivity index is 1.83. The zero-order chi connectivity index (χ0) is 21.1. The first-order valence-electron chi connectivity index (χ1n) is 10.5. The fourth-order valence-electron chi connectivity index (χ4n) is 3.55. The van der Waals surface area contributed by atoms with Gasteiger partial charge in [0.1, 0.15) is 0 Å². The van der Waals surface area contributed by atoms with Gasteiger partial charge < -0.3 is 4.90 Å². The first kappa shape index (κ1) is 23.8. The highest BCUT2D eigenvalue weighted by Crippen LogP contribution is 2.34. The van der Waals surface area contributed by atoms with Crippen molar-refractivity contribution in [2.24, 2.45) is 0 Å². The van der Waals surface area contributed by atoms with Crippen molar-refractivity contribution in [3.8, 4) is 0 Å². The molecule has 0 saturated heterocycles. The Morgan fingerprint density at radius 1 is 1.24 bits per heavy atom. The number of amides is 3. The molecule has 0 aromatic heterocycles. The maximum absolute atomic E-state index is 12.8. The molecule has 3 amide bonds. The third-order valence-electron chi connectivity index (χ3n) is 5.30. The van der Waals surface area contributed by atoms with Crippen LogP contribution in [0.5, 0.6) is 0 Å². The summed E-state index contributed by atoms with van der Waals surface area (Å²) < 4.78 is 0. The average Bonchev–Trinajstić information content (AvgIpc) is 3.06. The predicted octanol–water partition coefficient (Wildman–Crippen LogP) is 4.45. The number of nitrogens with zero attached hydrogens (tertiary/aromatic N) is 1. The number of nitrogens with one attached hydrogen (secondary N) is 1.